The molecule has 1 unspecified atom stereocenters. The average Bonchev–Trinajstić information content (AvgIpc) is 2.67. The van der Waals surface area contributed by atoms with E-state index in [2.05, 4.69) is 0 Å². The van der Waals surface area contributed by atoms with Crippen molar-refractivity contribution in [3.63, 3.8) is 0 Å². The molecule has 21 heavy (non-hydrogen) atoms. The third kappa shape index (κ3) is 3.63. The van der Waals surface area contributed by atoms with Gasteiger partial charge in [-0.05, 0) is 18.6 Å². The summed E-state index contributed by atoms with van der Waals surface area (Å²) >= 11 is 0. The molecule has 6 nitrogen and oxygen atoms in total. The molecule has 1 saturated heterocycles. The number of rotatable bonds is 3. The van der Waals surface area contributed by atoms with Crippen molar-refractivity contribution in [2.45, 2.75) is 18.7 Å². The zero-order chi connectivity index (χ0) is 15.8. The Morgan fingerprint density at radius 2 is 2.00 bits per heavy atom. The quantitative estimate of drug-likeness (QED) is 0.628. The van der Waals surface area contributed by atoms with Gasteiger partial charge in [-0.3, -0.25) is 10.1 Å². The van der Waals surface area contributed by atoms with Gasteiger partial charge in [0, 0.05) is 6.07 Å². The van der Waals surface area contributed by atoms with Gasteiger partial charge in [-0.15, -0.1) is 0 Å². The van der Waals surface area contributed by atoms with Gasteiger partial charge >= 0.3 is 11.9 Å². The second-order valence-electron chi connectivity index (χ2n) is 4.58. The minimum Gasteiger partial charge on any atom is -0.482 e. The van der Waals surface area contributed by atoms with Gasteiger partial charge in [0.15, 0.2) is 15.6 Å². The molecule has 0 aliphatic carbocycles. The van der Waals surface area contributed by atoms with Crippen molar-refractivity contribution in [1.82, 2.24) is 0 Å². The van der Waals surface area contributed by atoms with Crippen molar-refractivity contribution < 1.29 is 31.2 Å². The highest BCUT2D eigenvalue weighted by atomic mass is 32.2. The smallest absolute Gasteiger partial charge is 0.416 e. The lowest BCUT2D eigenvalue weighted by Gasteiger charge is -2.13. The maximum absolute atomic E-state index is 12.5. The number of hydrogen-bond donors (Lipinski definition) is 0. The molecule has 1 atom stereocenters. The Kier molecular flexibility index (Phi) is 3.83. The van der Waals surface area contributed by atoms with Crippen molar-refractivity contribution in [2.24, 2.45) is 0 Å². The number of hydrogen-bond acceptors (Lipinski definition) is 5. The van der Waals surface area contributed by atoms with Crippen LogP contribution in [0.25, 0.3) is 0 Å². The Morgan fingerprint density at radius 1 is 1.33 bits per heavy atom. The van der Waals surface area contributed by atoms with E-state index in [1.54, 1.807) is 0 Å². The first-order valence-electron chi connectivity index (χ1n) is 5.81. The number of halogens is 3. The Bertz CT molecular complexity index is 671. The minimum atomic E-state index is -4.71. The second-order valence-corrected chi connectivity index (χ2v) is 6.81. The molecule has 0 aromatic heterocycles. The fourth-order valence-corrected chi connectivity index (χ4v) is 3.56. The molecule has 1 aliphatic rings. The van der Waals surface area contributed by atoms with Crippen LogP contribution in [0.15, 0.2) is 18.2 Å². The molecule has 1 aromatic rings. The van der Waals surface area contributed by atoms with Crippen LogP contribution in [0.4, 0.5) is 18.9 Å². The van der Waals surface area contributed by atoms with Gasteiger partial charge in [0.2, 0.25) is 0 Å². The topological polar surface area (TPSA) is 86.5 Å². The largest absolute Gasteiger partial charge is 0.482 e. The lowest BCUT2D eigenvalue weighted by Crippen LogP contribution is -2.18. The SMILES string of the molecule is O=[N+]([O-])c1cc(C(F)(F)F)ccc1OC1CCS(=O)(=O)C1. The standard InChI is InChI=1S/C11H10F3NO5S/c12-11(13,14)7-1-2-10(9(5-7)15(16)17)20-8-3-4-21(18,19)6-8/h1-2,5,8H,3-4,6H2. The van der Waals surface area contributed by atoms with Crippen LogP contribution in [0, 0.1) is 10.1 Å². The molecule has 0 N–H and O–H groups in total. The molecule has 0 bridgehead atoms. The number of benzene rings is 1. The highest BCUT2D eigenvalue weighted by Gasteiger charge is 2.35. The van der Waals surface area contributed by atoms with E-state index >= 15 is 0 Å². The summed E-state index contributed by atoms with van der Waals surface area (Å²) in [7, 11) is -3.25. The van der Waals surface area contributed by atoms with Crippen LogP contribution in [0.2, 0.25) is 0 Å². The van der Waals surface area contributed by atoms with Gasteiger partial charge < -0.3 is 4.74 Å². The van der Waals surface area contributed by atoms with Gasteiger partial charge in [0.25, 0.3) is 0 Å². The van der Waals surface area contributed by atoms with Crippen LogP contribution >= 0.6 is 0 Å². The van der Waals surface area contributed by atoms with Crippen LogP contribution in [0.5, 0.6) is 5.75 Å². The molecule has 116 valence electrons. The first kappa shape index (κ1) is 15.5. The fourth-order valence-electron chi connectivity index (χ4n) is 1.97. The molecular weight excluding hydrogens is 315 g/mol. The summed E-state index contributed by atoms with van der Waals surface area (Å²) in [5, 5.41) is 10.8. The molecule has 1 heterocycles. The number of ether oxygens (including phenoxy) is 1. The van der Waals surface area contributed by atoms with Gasteiger partial charge in [-0.2, -0.15) is 13.2 Å². The molecule has 0 amide bonds. The number of sulfone groups is 1. The Balaban J connectivity index is 2.30. The number of nitrogens with zero attached hydrogens (tertiary/aromatic N) is 1. The highest BCUT2D eigenvalue weighted by molar-refractivity contribution is 7.91. The highest BCUT2D eigenvalue weighted by Crippen LogP contribution is 2.37. The molecule has 1 aromatic carbocycles. The average molecular weight is 325 g/mol. The van der Waals surface area contributed by atoms with Crippen molar-refractivity contribution in [1.29, 1.82) is 0 Å². The molecule has 10 heteroatoms. The third-order valence-electron chi connectivity index (χ3n) is 2.97. The zero-order valence-electron chi connectivity index (χ0n) is 10.5. The van der Waals surface area contributed by atoms with Crippen LogP contribution in [-0.2, 0) is 16.0 Å². The summed E-state index contributed by atoms with van der Waals surface area (Å²) in [5.74, 6) is -0.771. The summed E-state index contributed by atoms with van der Waals surface area (Å²) in [5.41, 5.74) is -2.00. The van der Waals surface area contributed by atoms with Crippen LogP contribution < -0.4 is 4.74 Å². The van der Waals surface area contributed by atoms with Gasteiger partial charge in [-0.1, -0.05) is 0 Å². The van der Waals surface area contributed by atoms with Gasteiger partial charge in [-0.25, -0.2) is 8.42 Å². The Hall–Kier alpha value is -1.84. The monoisotopic (exact) mass is 325 g/mol. The van der Waals surface area contributed by atoms with E-state index in [1.807, 2.05) is 0 Å². The van der Waals surface area contributed by atoms with E-state index in [4.69, 9.17) is 4.74 Å². The van der Waals surface area contributed by atoms with Crippen molar-refractivity contribution in [3.05, 3.63) is 33.9 Å². The normalized spacial score (nSPS) is 21.2. The predicted octanol–water partition coefficient (Wildman–Crippen LogP) is 2.18. The second kappa shape index (κ2) is 5.17. The van der Waals surface area contributed by atoms with E-state index in [-0.39, 0.29) is 23.7 Å². The maximum atomic E-state index is 12.5. The van der Waals surface area contributed by atoms with E-state index < -0.39 is 38.3 Å². The maximum Gasteiger partial charge on any atom is 0.416 e. The van der Waals surface area contributed by atoms with Crippen molar-refractivity contribution in [2.75, 3.05) is 11.5 Å². The van der Waals surface area contributed by atoms with Crippen molar-refractivity contribution in [3.8, 4) is 5.75 Å². The summed E-state index contributed by atoms with van der Waals surface area (Å²) in [6.07, 6.45) is -5.34. The number of nitro groups is 1. The van der Waals surface area contributed by atoms with Crippen LogP contribution in [0.3, 0.4) is 0 Å². The summed E-state index contributed by atoms with van der Waals surface area (Å²) in [6, 6.07) is 1.87. The molecular formula is C11H10F3NO5S. The number of alkyl halides is 3. The van der Waals surface area contributed by atoms with Gasteiger partial charge in [0.1, 0.15) is 6.10 Å². The Morgan fingerprint density at radius 3 is 2.48 bits per heavy atom. The summed E-state index contributed by atoms with van der Waals surface area (Å²) in [6.45, 7) is 0. The molecule has 0 spiro atoms. The summed E-state index contributed by atoms with van der Waals surface area (Å²) in [4.78, 5) is 9.85. The van der Waals surface area contributed by atoms with E-state index in [1.165, 1.54) is 0 Å². The fraction of sp³-hybridized carbons (Fsp3) is 0.455. The van der Waals surface area contributed by atoms with Crippen LogP contribution in [-0.4, -0.2) is 31.0 Å². The minimum absolute atomic E-state index is 0.105. The summed E-state index contributed by atoms with van der Waals surface area (Å²) < 4.78 is 65.3. The molecule has 0 radical (unpaired) electrons. The molecule has 1 aliphatic heterocycles. The molecule has 1 fully saturated rings. The van der Waals surface area contributed by atoms with E-state index in [0.29, 0.717) is 12.1 Å². The molecule has 0 saturated carbocycles. The van der Waals surface area contributed by atoms with E-state index in [0.717, 1.165) is 6.07 Å². The van der Waals surface area contributed by atoms with Gasteiger partial charge in [0.05, 0.1) is 22.0 Å². The molecule has 2 rings (SSSR count). The number of nitro benzene ring substituents is 1. The lowest BCUT2D eigenvalue weighted by atomic mass is 10.2. The zero-order valence-corrected chi connectivity index (χ0v) is 11.3. The lowest BCUT2D eigenvalue weighted by molar-refractivity contribution is -0.386. The van der Waals surface area contributed by atoms with Crippen molar-refractivity contribution >= 4 is 15.5 Å². The van der Waals surface area contributed by atoms with E-state index in [9.17, 15) is 31.7 Å². The van der Waals surface area contributed by atoms with Crippen LogP contribution in [0.1, 0.15) is 12.0 Å². The first-order chi connectivity index (χ1) is 9.58. The third-order valence-corrected chi connectivity index (χ3v) is 4.70. The Labute approximate surface area is 117 Å². The predicted molar refractivity (Wildman–Crippen MR) is 65.8 cm³/mol. The first-order valence-corrected chi connectivity index (χ1v) is 7.63.